The summed E-state index contributed by atoms with van der Waals surface area (Å²) in [6, 6.07) is 13.5. The minimum Gasteiger partial charge on any atom is -0.465 e. The maximum atomic E-state index is 11.5. The summed E-state index contributed by atoms with van der Waals surface area (Å²) < 4.78 is 6.85. The van der Waals surface area contributed by atoms with Crippen molar-refractivity contribution in [1.29, 1.82) is 0 Å². The molecule has 0 atom stereocenters. The lowest BCUT2D eigenvalue weighted by Crippen LogP contribution is -2.28. The van der Waals surface area contributed by atoms with E-state index < -0.39 is 0 Å². The topological polar surface area (TPSA) is 30.2 Å². The third-order valence-electron chi connectivity index (χ3n) is 3.74. The van der Waals surface area contributed by atoms with Gasteiger partial charge in [0.15, 0.2) is 12.7 Å². The van der Waals surface area contributed by atoms with Crippen molar-refractivity contribution in [2.75, 3.05) is 7.11 Å². The number of hydrogen-bond donors (Lipinski definition) is 0. The van der Waals surface area contributed by atoms with E-state index in [-0.39, 0.29) is 5.97 Å². The Labute approximate surface area is 150 Å². The first-order valence-corrected chi connectivity index (χ1v) is 8.70. The predicted molar refractivity (Wildman–Crippen MR) is 96.6 cm³/mol. The van der Waals surface area contributed by atoms with Crippen LogP contribution in [0, 0.1) is 6.92 Å². The molecule has 122 valence electrons. The van der Waals surface area contributed by atoms with Crippen LogP contribution in [0.1, 0.15) is 21.5 Å². The molecule has 3 nitrogen and oxygen atoms in total. The maximum absolute atomic E-state index is 11.5. The highest BCUT2D eigenvalue weighted by Crippen LogP contribution is 2.29. The zero-order valence-corrected chi connectivity index (χ0v) is 15.0. The van der Waals surface area contributed by atoms with Gasteiger partial charge in [-0.1, -0.05) is 35.4 Å². The van der Waals surface area contributed by atoms with E-state index >= 15 is 0 Å². The molecule has 0 unspecified atom stereocenters. The standard InChI is InChI=1S/C19H17ClNO2S/c1-13-3-8-18(20)17(9-13)16-11-21(24-12-16)10-14-4-6-15(7-5-14)19(22)23-2/h3-9,11-12H,10H2,1-2H3/q+1. The van der Waals surface area contributed by atoms with E-state index in [1.54, 1.807) is 23.7 Å². The molecule has 5 heteroatoms. The molecule has 0 bridgehead atoms. The number of hydrogen-bond acceptors (Lipinski definition) is 3. The molecule has 0 saturated carbocycles. The van der Waals surface area contributed by atoms with Gasteiger partial charge in [0.05, 0.1) is 23.6 Å². The Kier molecular flexibility index (Phi) is 4.97. The SMILES string of the molecule is COC(=O)c1ccc(C[n+]2cc(-c3cc(C)ccc3Cl)cs2)cc1. The van der Waals surface area contributed by atoms with Gasteiger partial charge in [-0.2, -0.15) is 0 Å². The van der Waals surface area contributed by atoms with E-state index in [0.29, 0.717) is 5.56 Å². The van der Waals surface area contributed by atoms with E-state index in [2.05, 4.69) is 28.5 Å². The van der Waals surface area contributed by atoms with Crippen LogP contribution in [0.25, 0.3) is 11.1 Å². The number of carbonyl (C=O) groups excluding carboxylic acids is 1. The number of aryl methyl sites for hydroxylation is 1. The summed E-state index contributed by atoms with van der Waals surface area (Å²) in [4.78, 5) is 11.5. The van der Waals surface area contributed by atoms with Crippen molar-refractivity contribution in [3.05, 3.63) is 75.8 Å². The van der Waals surface area contributed by atoms with Crippen LogP contribution in [0.3, 0.4) is 0 Å². The normalized spacial score (nSPS) is 10.6. The fraction of sp³-hybridized carbons (Fsp3) is 0.158. The Morgan fingerprint density at radius 3 is 2.67 bits per heavy atom. The molecule has 1 heterocycles. The Balaban J connectivity index is 1.79. The number of esters is 1. The second-order valence-corrected chi connectivity index (χ2v) is 6.88. The summed E-state index contributed by atoms with van der Waals surface area (Å²) in [5.41, 5.74) is 5.03. The number of benzene rings is 2. The molecule has 0 spiro atoms. The molecule has 0 fully saturated rings. The van der Waals surface area contributed by atoms with Crippen LogP contribution < -0.4 is 3.96 Å². The lowest BCUT2D eigenvalue weighted by molar-refractivity contribution is -0.618. The molecule has 0 aliphatic heterocycles. The number of methoxy groups -OCH3 is 1. The smallest absolute Gasteiger partial charge is 0.337 e. The molecule has 3 rings (SSSR count). The zero-order chi connectivity index (χ0) is 17.1. The Morgan fingerprint density at radius 1 is 1.21 bits per heavy atom. The number of carbonyl (C=O) groups is 1. The third-order valence-corrected chi connectivity index (χ3v) is 4.94. The largest absolute Gasteiger partial charge is 0.465 e. The van der Waals surface area contributed by atoms with Crippen molar-refractivity contribution < 1.29 is 13.5 Å². The molecule has 0 radical (unpaired) electrons. The zero-order valence-electron chi connectivity index (χ0n) is 13.5. The molecule has 0 N–H and O–H groups in total. The van der Waals surface area contributed by atoms with Gasteiger partial charge in [-0.15, -0.1) is 3.96 Å². The maximum Gasteiger partial charge on any atom is 0.337 e. The lowest BCUT2D eigenvalue weighted by Gasteiger charge is -2.01. The average Bonchev–Trinajstić information content (AvgIpc) is 3.05. The molecule has 2 aromatic carbocycles. The van der Waals surface area contributed by atoms with E-state index in [1.165, 1.54) is 12.7 Å². The van der Waals surface area contributed by atoms with Crippen LogP contribution in [0.5, 0.6) is 0 Å². The summed E-state index contributed by atoms with van der Waals surface area (Å²) in [5.74, 6) is -0.318. The van der Waals surface area contributed by atoms with E-state index in [1.807, 2.05) is 24.3 Å². The van der Waals surface area contributed by atoms with Crippen LogP contribution in [-0.4, -0.2) is 13.1 Å². The quantitative estimate of drug-likeness (QED) is 0.507. The molecule has 3 aromatic rings. The Bertz CT molecular complexity index is 871. The van der Waals surface area contributed by atoms with Crippen molar-refractivity contribution >= 4 is 29.1 Å². The van der Waals surface area contributed by atoms with Gasteiger partial charge in [0.25, 0.3) is 0 Å². The average molecular weight is 359 g/mol. The van der Waals surface area contributed by atoms with Crippen LogP contribution in [-0.2, 0) is 11.3 Å². The first-order valence-electron chi connectivity index (χ1n) is 7.49. The highest BCUT2D eigenvalue weighted by atomic mass is 35.5. The molecule has 0 aliphatic rings. The van der Waals surface area contributed by atoms with Crippen LogP contribution in [0.15, 0.2) is 54.0 Å². The molecular formula is C19H17ClNO2S+. The monoisotopic (exact) mass is 358 g/mol. The van der Waals surface area contributed by atoms with Crippen LogP contribution >= 0.6 is 23.1 Å². The van der Waals surface area contributed by atoms with Crippen LogP contribution in [0.4, 0.5) is 0 Å². The highest BCUT2D eigenvalue weighted by molar-refractivity contribution is 6.99. The second-order valence-electron chi connectivity index (χ2n) is 5.55. The Hall–Kier alpha value is -2.17. The Morgan fingerprint density at radius 2 is 1.96 bits per heavy atom. The van der Waals surface area contributed by atoms with Crippen molar-refractivity contribution in [2.24, 2.45) is 0 Å². The number of nitrogens with zero attached hydrogens (tertiary/aromatic N) is 1. The van der Waals surface area contributed by atoms with E-state index in [4.69, 9.17) is 16.3 Å². The van der Waals surface area contributed by atoms with Gasteiger partial charge in [-0.25, -0.2) is 4.79 Å². The van der Waals surface area contributed by atoms with Crippen LogP contribution in [0.2, 0.25) is 5.02 Å². The van der Waals surface area contributed by atoms with Gasteiger partial charge in [-0.3, -0.25) is 0 Å². The minimum atomic E-state index is -0.318. The summed E-state index contributed by atoms with van der Waals surface area (Å²) in [6.45, 7) is 2.80. The van der Waals surface area contributed by atoms with Crippen molar-refractivity contribution in [3.8, 4) is 11.1 Å². The molecule has 0 aliphatic carbocycles. The lowest BCUT2D eigenvalue weighted by atomic mass is 10.1. The molecule has 0 amide bonds. The van der Waals surface area contributed by atoms with E-state index in [9.17, 15) is 4.79 Å². The van der Waals surface area contributed by atoms with Gasteiger partial charge < -0.3 is 4.74 Å². The fourth-order valence-corrected chi connectivity index (χ4v) is 3.52. The summed E-state index contributed by atoms with van der Waals surface area (Å²) in [7, 11) is 1.38. The van der Waals surface area contributed by atoms with Crippen molar-refractivity contribution in [2.45, 2.75) is 13.5 Å². The van der Waals surface area contributed by atoms with Gasteiger partial charge in [0, 0.05) is 16.1 Å². The summed E-state index contributed by atoms with van der Waals surface area (Å²) in [5, 5.41) is 2.86. The molecule has 24 heavy (non-hydrogen) atoms. The minimum absolute atomic E-state index is 0.318. The fourth-order valence-electron chi connectivity index (χ4n) is 2.46. The predicted octanol–water partition coefficient (Wildman–Crippen LogP) is 4.50. The summed E-state index contributed by atoms with van der Waals surface area (Å²) >= 11 is 7.95. The van der Waals surface area contributed by atoms with Gasteiger partial charge in [-0.05, 0) is 31.2 Å². The van der Waals surface area contributed by atoms with Gasteiger partial charge >= 0.3 is 5.97 Å². The number of rotatable bonds is 4. The van der Waals surface area contributed by atoms with Crippen molar-refractivity contribution in [3.63, 3.8) is 0 Å². The molecule has 0 saturated heterocycles. The number of halogens is 1. The van der Waals surface area contributed by atoms with Gasteiger partial charge in [0.2, 0.25) is 0 Å². The van der Waals surface area contributed by atoms with Gasteiger partial charge in [0.1, 0.15) is 11.5 Å². The molecular weight excluding hydrogens is 342 g/mol. The third kappa shape index (κ3) is 3.66. The number of ether oxygens (including phenoxy) is 1. The highest BCUT2D eigenvalue weighted by Gasteiger charge is 2.13. The number of aromatic nitrogens is 1. The first-order chi connectivity index (χ1) is 11.6. The second kappa shape index (κ2) is 7.16. The first kappa shape index (κ1) is 16.7. The summed E-state index contributed by atoms with van der Waals surface area (Å²) in [6.07, 6.45) is 2.10. The van der Waals surface area contributed by atoms with E-state index in [0.717, 1.165) is 28.3 Å². The molecule has 1 aromatic heterocycles. The van der Waals surface area contributed by atoms with Crippen molar-refractivity contribution in [1.82, 2.24) is 0 Å².